The number of amides is 1. The van der Waals surface area contributed by atoms with E-state index in [9.17, 15) is 13.2 Å². The predicted molar refractivity (Wildman–Crippen MR) is 96.8 cm³/mol. The largest absolute Gasteiger partial charge is 0.350 e. The van der Waals surface area contributed by atoms with E-state index in [0.29, 0.717) is 17.7 Å². The maximum Gasteiger partial charge on any atom is 0.251 e. The van der Waals surface area contributed by atoms with Crippen molar-refractivity contribution in [2.24, 2.45) is 0 Å². The summed E-state index contributed by atoms with van der Waals surface area (Å²) in [5, 5.41) is 3.01. The Kier molecular flexibility index (Phi) is 6.04. The Morgan fingerprint density at radius 2 is 1.71 bits per heavy atom. The number of likely N-dealkylation sites (tertiary alicyclic amines) is 1. The quantitative estimate of drug-likeness (QED) is 0.852. The topological polar surface area (TPSA) is 66.5 Å². The number of carbonyl (C=O) groups is 1. The molecule has 5 nitrogen and oxygen atoms in total. The standard InChI is InChI=1S/C18H28N2O3S/c1-18(2,20-11-5-4-6-12-20)14-19-17(21)16-9-7-15(8-10-16)13-24(3,22)23/h7-10H,4-6,11-14H2,1-3H3,(H,19,21). The van der Waals surface area contributed by atoms with Crippen LogP contribution in [0.3, 0.4) is 0 Å². The molecule has 0 radical (unpaired) electrons. The Balaban J connectivity index is 1.92. The van der Waals surface area contributed by atoms with Crippen molar-refractivity contribution in [1.29, 1.82) is 0 Å². The molecule has 0 bridgehead atoms. The molecule has 0 saturated carbocycles. The Morgan fingerprint density at radius 1 is 1.12 bits per heavy atom. The van der Waals surface area contributed by atoms with Gasteiger partial charge in [0.25, 0.3) is 5.91 Å². The first-order valence-corrected chi connectivity index (χ1v) is 10.5. The van der Waals surface area contributed by atoms with Crippen LogP contribution in [-0.2, 0) is 15.6 Å². The molecule has 1 aromatic carbocycles. The summed E-state index contributed by atoms with van der Waals surface area (Å²) >= 11 is 0. The maximum atomic E-state index is 12.3. The van der Waals surface area contributed by atoms with Gasteiger partial charge in [-0.15, -0.1) is 0 Å². The SMILES string of the molecule is CC(C)(CNC(=O)c1ccc(CS(C)(=O)=O)cc1)N1CCCCC1. The highest BCUT2D eigenvalue weighted by Crippen LogP contribution is 2.20. The minimum absolute atomic E-state index is 0.00309. The van der Waals surface area contributed by atoms with E-state index in [2.05, 4.69) is 24.1 Å². The average molecular weight is 353 g/mol. The summed E-state index contributed by atoms with van der Waals surface area (Å²) in [5.74, 6) is -0.123. The summed E-state index contributed by atoms with van der Waals surface area (Å²) in [6.45, 7) is 7.09. The van der Waals surface area contributed by atoms with Gasteiger partial charge in [-0.3, -0.25) is 9.69 Å². The molecule has 0 aliphatic carbocycles. The molecule has 1 amide bonds. The van der Waals surface area contributed by atoms with E-state index in [0.717, 1.165) is 13.1 Å². The van der Waals surface area contributed by atoms with Crippen LogP contribution in [0.15, 0.2) is 24.3 Å². The Morgan fingerprint density at radius 3 is 2.25 bits per heavy atom. The van der Waals surface area contributed by atoms with Crippen LogP contribution >= 0.6 is 0 Å². The average Bonchev–Trinajstić information content (AvgIpc) is 2.53. The van der Waals surface area contributed by atoms with Crippen molar-refractivity contribution in [3.63, 3.8) is 0 Å². The molecule has 24 heavy (non-hydrogen) atoms. The number of nitrogens with zero attached hydrogens (tertiary/aromatic N) is 1. The van der Waals surface area contributed by atoms with Crippen molar-refractivity contribution in [1.82, 2.24) is 10.2 Å². The van der Waals surface area contributed by atoms with Crippen LogP contribution in [0.25, 0.3) is 0 Å². The fourth-order valence-corrected chi connectivity index (χ4v) is 3.86. The summed E-state index contributed by atoms with van der Waals surface area (Å²) in [6, 6.07) is 6.77. The zero-order valence-corrected chi connectivity index (χ0v) is 15.7. The molecule has 0 aromatic heterocycles. The van der Waals surface area contributed by atoms with E-state index in [-0.39, 0.29) is 17.2 Å². The van der Waals surface area contributed by atoms with Gasteiger partial charge >= 0.3 is 0 Å². The predicted octanol–water partition coefficient (Wildman–Crippen LogP) is 2.23. The van der Waals surface area contributed by atoms with Gasteiger partial charge in [-0.05, 0) is 57.5 Å². The fraction of sp³-hybridized carbons (Fsp3) is 0.611. The van der Waals surface area contributed by atoms with E-state index in [1.54, 1.807) is 24.3 Å². The number of carbonyl (C=O) groups excluding carboxylic acids is 1. The number of rotatable bonds is 6. The van der Waals surface area contributed by atoms with E-state index >= 15 is 0 Å². The summed E-state index contributed by atoms with van der Waals surface area (Å²) in [7, 11) is -3.06. The second-order valence-electron chi connectivity index (χ2n) is 7.31. The van der Waals surface area contributed by atoms with Crippen LogP contribution in [-0.4, -0.2) is 50.7 Å². The van der Waals surface area contributed by atoms with Crippen LogP contribution < -0.4 is 5.32 Å². The van der Waals surface area contributed by atoms with Crippen molar-refractivity contribution >= 4 is 15.7 Å². The summed E-state index contributed by atoms with van der Waals surface area (Å²) in [6.07, 6.45) is 4.94. The number of piperidine rings is 1. The number of hydrogen-bond acceptors (Lipinski definition) is 4. The van der Waals surface area contributed by atoms with Gasteiger partial charge in [0, 0.05) is 23.9 Å². The first-order chi connectivity index (χ1) is 11.2. The monoisotopic (exact) mass is 352 g/mol. The van der Waals surface area contributed by atoms with Gasteiger partial charge in [-0.2, -0.15) is 0 Å². The van der Waals surface area contributed by atoms with Gasteiger partial charge < -0.3 is 5.32 Å². The van der Waals surface area contributed by atoms with Crippen LogP contribution in [0.1, 0.15) is 49.0 Å². The zero-order chi connectivity index (χ0) is 17.8. The highest BCUT2D eigenvalue weighted by atomic mass is 32.2. The van der Waals surface area contributed by atoms with Gasteiger partial charge in [0.15, 0.2) is 9.84 Å². The molecule has 1 aliphatic rings. The Labute approximate surface area is 145 Å². The van der Waals surface area contributed by atoms with E-state index in [1.807, 2.05) is 0 Å². The minimum atomic E-state index is -3.06. The molecule has 1 saturated heterocycles. The van der Waals surface area contributed by atoms with Crippen LogP contribution in [0.5, 0.6) is 0 Å². The Hall–Kier alpha value is -1.40. The molecule has 0 unspecified atom stereocenters. The van der Waals surface area contributed by atoms with Crippen LogP contribution in [0.2, 0.25) is 0 Å². The van der Waals surface area contributed by atoms with Crippen molar-refractivity contribution < 1.29 is 13.2 Å². The maximum absolute atomic E-state index is 12.3. The molecule has 1 aliphatic heterocycles. The van der Waals surface area contributed by atoms with Gasteiger partial charge in [0.1, 0.15) is 0 Å². The first-order valence-electron chi connectivity index (χ1n) is 8.47. The third-order valence-corrected chi connectivity index (χ3v) is 5.40. The number of hydrogen-bond donors (Lipinski definition) is 1. The lowest BCUT2D eigenvalue weighted by atomic mass is 9.98. The first kappa shape index (κ1) is 18.9. The second-order valence-corrected chi connectivity index (χ2v) is 9.45. The molecule has 1 heterocycles. The highest BCUT2D eigenvalue weighted by molar-refractivity contribution is 7.89. The molecular weight excluding hydrogens is 324 g/mol. The molecule has 1 N–H and O–H groups in total. The Bertz CT molecular complexity index is 660. The zero-order valence-electron chi connectivity index (χ0n) is 14.8. The molecule has 1 aromatic rings. The lowest BCUT2D eigenvalue weighted by Crippen LogP contribution is -2.53. The van der Waals surface area contributed by atoms with E-state index in [1.165, 1.54) is 25.5 Å². The minimum Gasteiger partial charge on any atom is -0.350 e. The molecule has 0 spiro atoms. The molecule has 0 atom stereocenters. The van der Waals surface area contributed by atoms with E-state index < -0.39 is 9.84 Å². The second kappa shape index (κ2) is 7.66. The number of benzene rings is 1. The number of nitrogens with one attached hydrogen (secondary N) is 1. The van der Waals surface area contributed by atoms with Crippen LogP contribution in [0.4, 0.5) is 0 Å². The molecule has 1 fully saturated rings. The van der Waals surface area contributed by atoms with Gasteiger partial charge in [0.05, 0.1) is 5.75 Å². The summed E-state index contributed by atoms with van der Waals surface area (Å²) in [5.41, 5.74) is 1.19. The van der Waals surface area contributed by atoms with Gasteiger partial charge in [0.2, 0.25) is 0 Å². The molecule has 6 heteroatoms. The lowest BCUT2D eigenvalue weighted by molar-refractivity contribution is 0.0797. The number of sulfone groups is 1. The van der Waals surface area contributed by atoms with Gasteiger partial charge in [-0.1, -0.05) is 18.6 Å². The smallest absolute Gasteiger partial charge is 0.251 e. The van der Waals surface area contributed by atoms with Gasteiger partial charge in [-0.25, -0.2) is 8.42 Å². The highest BCUT2D eigenvalue weighted by Gasteiger charge is 2.28. The molecule has 134 valence electrons. The van der Waals surface area contributed by atoms with Crippen LogP contribution in [0, 0.1) is 0 Å². The van der Waals surface area contributed by atoms with E-state index in [4.69, 9.17) is 0 Å². The van der Waals surface area contributed by atoms with Crippen molar-refractivity contribution in [2.45, 2.75) is 44.4 Å². The third kappa shape index (κ3) is 5.60. The lowest BCUT2D eigenvalue weighted by Gasteiger charge is -2.41. The summed E-state index contributed by atoms with van der Waals surface area (Å²) < 4.78 is 22.6. The third-order valence-electron chi connectivity index (χ3n) is 4.54. The van der Waals surface area contributed by atoms with Crippen molar-refractivity contribution in [3.05, 3.63) is 35.4 Å². The van der Waals surface area contributed by atoms with Crippen molar-refractivity contribution in [2.75, 3.05) is 25.9 Å². The molecule has 2 rings (SSSR count). The van der Waals surface area contributed by atoms with Crippen molar-refractivity contribution in [3.8, 4) is 0 Å². The fourth-order valence-electron chi connectivity index (χ4n) is 3.06. The molecular formula is C18H28N2O3S. The summed E-state index contributed by atoms with van der Waals surface area (Å²) in [4.78, 5) is 14.8. The normalized spacial score (nSPS) is 16.8.